The largest absolute Gasteiger partial charge is 0.389 e. The van der Waals surface area contributed by atoms with E-state index in [1.165, 1.54) is 6.42 Å². The van der Waals surface area contributed by atoms with E-state index in [-0.39, 0.29) is 5.91 Å². The third-order valence-corrected chi connectivity index (χ3v) is 4.51. The number of likely N-dealkylation sites (tertiary alicyclic amines) is 1. The Morgan fingerprint density at radius 2 is 2.14 bits per heavy atom. The van der Waals surface area contributed by atoms with Gasteiger partial charge in [-0.15, -0.1) is 0 Å². The Morgan fingerprint density at radius 3 is 2.71 bits per heavy atom. The zero-order chi connectivity index (χ0) is 15.4. The molecule has 0 saturated carbocycles. The summed E-state index contributed by atoms with van der Waals surface area (Å²) in [5, 5.41) is 0. The number of carbonyl (C=O) groups excluding carboxylic acids is 1. The fourth-order valence-electron chi connectivity index (χ4n) is 2.82. The van der Waals surface area contributed by atoms with Crippen molar-refractivity contribution in [1.29, 1.82) is 0 Å². The van der Waals surface area contributed by atoms with Crippen LogP contribution in [0.15, 0.2) is 18.3 Å². The van der Waals surface area contributed by atoms with Gasteiger partial charge in [0.1, 0.15) is 10.7 Å². The predicted molar refractivity (Wildman–Crippen MR) is 88.2 cm³/mol. The third kappa shape index (κ3) is 4.00. The highest BCUT2D eigenvalue weighted by molar-refractivity contribution is 7.80. The van der Waals surface area contributed by atoms with Crippen LogP contribution in [0.1, 0.15) is 49.2 Å². The second kappa shape index (κ2) is 6.98. The standard InChI is InChI=1S/C16H23N3OS/c1-11(2)12-4-3-8-19(9-7-12)16(20)14-6-5-13(10-18-14)15(17)21/h5-6,10-12H,3-4,7-9H2,1-2H3,(H2,17,21). The average molecular weight is 305 g/mol. The van der Waals surface area contributed by atoms with E-state index in [9.17, 15) is 4.79 Å². The molecule has 0 radical (unpaired) electrons. The Balaban J connectivity index is 2.04. The minimum atomic E-state index is 0.00824. The lowest BCUT2D eigenvalue weighted by molar-refractivity contribution is 0.0753. The Kier molecular flexibility index (Phi) is 5.28. The molecule has 0 spiro atoms. The first-order chi connectivity index (χ1) is 9.99. The first-order valence-corrected chi connectivity index (χ1v) is 7.95. The van der Waals surface area contributed by atoms with Crippen molar-refractivity contribution in [2.24, 2.45) is 17.6 Å². The van der Waals surface area contributed by atoms with E-state index >= 15 is 0 Å². The van der Waals surface area contributed by atoms with Crippen molar-refractivity contribution >= 4 is 23.1 Å². The predicted octanol–water partition coefficient (Wildman–Crippen LogP) is 2.61. The minimum Gasteiger partial charge on any atom is -0.389 e. The number of aromatic nitrogens is 1. The number of carbonyl (C=O) groups is 1. The van der Waals surface area contributed by atoms with E-state index < -0.39 is 0 Å². The number of hydrogen-bond acceptors (Lipinski definition) is 3. The molecule has 1 unspecified atom stereocenters. The molecule has 0 aliphatic carbocycles. The number of pyridine rings is 1. The van der Waals surface area contributed by atoms with Crippen LogP contribution in [0.3, 0.4) is 0 Å². The molecule has 21 heavy (non-hydrogen) atoms. The summed E-state index contributed by atoms with van der Waals surface area (Å²) in [4.78, 5) is 18.9. The van der Waals surface area contributed by atoms with Gasteiger partial charge >= 0.3 is 0 Å². The van der Waals surface area contributed by atoms with Gasteiger partial charge in [0.2, 0.25) is 0 Å². The monoisotopic (exact) mass is 305 g/mol. The number of nitrogens with zero attached hydrogens (tertiary/aromatic N) is 2. The van der Waals surface area contributed by atoms with E-state index in [4.69, 9.17) is 18.0 Å². The van der Waals surface area contributed by atoms with Crippen molar-refractivity contribution in [2.75, 3.05) is 13.1 Å². The molecular weight excluding hydrogens is 282 g/mol. The summed E-state index contributed by atoms with van der Waals surface area (Å²) in [6.07, 6.45) is 4.92. The van der Waals surface area contributed by atoms with Crippen molar-refractivity contribution in [1.82, 2.24) is 9.88 Å². The van der Waals surface area contributed by atoms with Gasteiger partial charge in [-0.1, -0.05) is 26.1 Å². The van der Waals surface area contributed by atoms with Crippen LogP contribution in [0.5, 0.6) is 0 Å². The molecule has 4 nitrogen and oxygen atoms in total. The molecule has 5 heteroatoms. The van der Waals surface area contributed by atoms with Gasteiger partial charge in [-0.2, -0.15) is 0 Å². The highest BCUT2D eigenvalue weighted by Crippen LogP contribution is 2.25. The van der Waals surface area contributed by atoms with Crippen LogP contribution in [0.4, 0.5) is 0 Å². The molecule has 1 fully saturated rings. The molecule has 1 saturated heterocycles. The summed E-state index contributed by atoms with van der Waals surface area (Å²) in [5.74, 6) is 1.41. The quantitative estimate of drug-likeness (QED) is 0.872. The van der Waals surface area contributed by atoms with Gasteiger partial charge in [-0.25, -0.2) is 0 Å². The first kappa shape index (κ1) is 15.9. The average Bonchev–Trinajstić information content (AvgIpc) is 2.72. The van der Waals surface area contributed by atoms with Crippen LogP contribution in [-0.4, -0.2) is 33.9 Å². The molecule has 1 aromatic heterocycles. The maximum absolute atomic E-state index is 12.5. The summed E-state index contributed by atoms with van der Waals surface area (Å²) in [6.45, 7) is 6.16. The topological polar surface area (TPSA) is 59.2 Å². The summed E-state index contributed by atoms with van der Waals surface area (Å²) >= 11 is 4.89. The highest BCUT2D eigenvalue weighted by Gasteiger charge is 2.23. The van der Waals surface area contributed by atoms with Gasteiger partial charge < -0.3 is 10.6 Å². The maximum Gasteiger partial charge on any atom is 0.272 e. The Morgan fingerprint density at radius 1 is 1.38 bits per heavy atom. The Labute approximate surface area is 131 Å². The molecule has 2 N–H and O–H groups in total. The number of hydrogen-bond donors (Lipinski definition) is 1. The molecule has 2 heterocycles. The summed E-state index contributed by atoms with van der Waals surface area (Å²) < 4.78 is 0. The molecule has 114 valence electrons. The molecule has 1 aromatic rings. The molecule has 0 bridgehead atoms. The normalized spacial score (nSPS) is 19.4. The van der Waals surface area contributed by atoms with E-state index in [1.54, 1.807) is 18.3 Å². The minimum absolute atomic E-state index is 0.00824. The molecule has 2 rings (SSSR count). The van der Waals surface area contributed by atoms with Crippen molar-refractivity contribution in [3.8, 4) is 0 Å². The van der Waals surface area contributed by atoms with Crippen LogP contribution in [0.2, 0.25) is 0 Å². The first-order valence-electron chi connectivity index (χ1n) is 7.54. The second-order valence-electron chi connectivity index (χ2n) is 6.02. The number of nitrogens with two attached hydrogens (primary N) is 1. The van der Waals surface area contributed by atoms with Crippen LogP contribution in [-0.2, 0) is 0 Å². The molecule has 1 amide bonds. The van der Waals surface area contributed by atoms with E-state index in [0.29, 0.717) is 28.1 Å². The number of amides is 1. The lowest BCUT2D eigenvalue weighted by atomic mass is 9.89. The molecular formula is C16H23N3OS. The summed E-state index contributed by atoms with van der Waals surface area (Å²) in [6, 6.07) is 3.47. The van der Waals surface area contributed by atoms with E-state index in [0.717, 1.165) is 25.9 Å². The fourth-order valence-corrected chi connectivity index (χ4v) is 2.94. The van der Waals surface area contributed by atoms with Crippen molar-refractivity contribution in [2.45, 2.75) is 33.1 Å². The lowest BCUT2D eigenvalue weighted by Gasteiger charge is -2.21. The smallest absolute Gasteiger partial charge is 0.272 e. The molecule has 0 aromatic carbocycles. The molecule has 1 atom stereocenters. The molecule has 1 aliphatic heterocycles. The number of thiocarbonyl (C=S) groups is 1. The Bertz CT molecular complexity index is 513. The van der Waals surface area contributed by atoms with Gasteiger partial charge in [-0.3, -0.25) is 9.78 Å². The zero-order valence-corrected chi connectivity index (χ0v) is 13.5. The number of rotatable bonds is 3. The van der Waals surface area contributed by atoms with Crippen LogP contribution < -0.4 is 5.73 Å². The van der Waals surface area contributed by atoms with E-state index in [2.05, 4.69) is 18.8 Å². The summed E-state index contributed by atoms with van der Waals surface area (Å²) in [5.41, 5.74) is 6.71. The van der Waals surface area contributed by atoms with Crippen LogP contribution in [0, 0.1) is 11.8 Å². The van der Waals surface area contributed by atoms with Gasteiger partial charge in [0.05, 0.1) is 0 Å². The van der Waals surface area contributed by atoms with Gasteiger partial charge in [-0.05, 0) is 43.2 Å². The van der Waals surface area contributed by atoms with Crippen LogP contribution in [0.25, 0.3) is 0 Å². The highest BCUT2D eigenvalue weighted by atomic mass is 32.1. The lowest BCUT2D eigenvalue weighted by Crippen LogP contribution is -2.32. The SMILES string of the molecule is CC(C)C1CCCN(C(=O)c2ccc(C(N)=S)cn2)CC1. The summed E-state index contributed by atoms with van der Waals surface area (Å²) in [7, 11) is 0. The van der Waals surface area contributed by atoms with Crippen molar-refractivity contribution in [3.63, 3.8) is 0 Å². The van der Waals surface area contributed by atoms with Crippen molar-refractivity contribution < 1.29 is 4.79 Å². The van der Waals surface area contributed by atoms with Gasteiger partial charge in [0.25, 0.3) is 5.91 Å². The second-order valence-corrected chi connectivity index (χ2v) is 6.46. The van der Waals surface area contributed by atoms with Gasteiger partial charge in [0, 0.05) is 24.8 Å². The van der Waals surface area contributed by atoms with Crippen molar-refractivity contribution in [3.05, 3.63) is 29.6 Å². The third-order valence-electron chi connectivity index (χ3n) is 4.27. The molecule has 1 aliphatic rings. The van der Waals surface area contributed by atoms with E-state index in [1.807, 2.05) is 4.90 Å². The maximum atomic E-state index is 12.5. The van der Waals surface area contributed by atoms with Gasteiger partial charge in [0.15, 0.2) is 0 Å². The zero-order valence-electron chi connectivity index (χ0n) is 12.7. The fraction of sp³-hybridized carbons (Fsp3) is 0.562. The van der Waals surface area contributed by atoms with Crippen LogP contribution >= 0.6 is 12.2 Å². The Hall–Kier alpha value is -1.49.